The normalized spacial score (nSPS) is 37.9. The van der Waals surface area contributed by atoms with Crippen LogP contribution in [0, 0.1) is 5.92 Å². The van der Waals surface area contributed by atoms with Gasteiger partial charge in [0.1, 0.15) is 0 Å². The summed E-state index contributed by atoms with van der Waals surface area (Å²) in [6, 6.07) is 0.167. The van der Waals surface area contributed by atoms with Gasteiger partial charge in [0.25, 0.3) is 0 Å². The summed E-state index contributed by atoms with van der Waals surface area (Å²) >= 11 is 0. The van der Waals surface area contributed by atoms with Gasteiger partial charge in [-0.2, -0.15) is 4.98 Å². The lowest BCUT2D eigenvalue weighted by molar-refractivity contribution is 0.116. The predicted molar refractivity (Wildman–Crippen MR) is 57.0 cm³/mol. The third kappa shape index (κ3) is 1.74. The van der Waals surface area contributed by atoms with E-state index in [1.807, 2.05) is 0 Å². The zero-order chi connectivity index (χ0) is 11.1. The van der Waals surface area contributed by atoms with Crippen LogP contribution in [0.1, 0.15) is 43.4 Å². The Bertz CT molecular complexity index is 379. The molecule has 1 N–H and O–H groups in total. The molecule has 1 saturated heterocycles. The van der Waals surface area contributed by atoms with Gasteiger partial charge in [-0.15, -0.1) is 0 Å². The Morgan fingerprint density at radius 3 is 2.88 bits per heavy atom. The quantitative estimate of drug-likeness (QED) is 0.835. The Morgan fingerprint density at radius 1 is 1.44 bits per heavy atom. The lowest BCUT2D eigenvalue weighted by atomic mass is 10.2. The van der Waals surface area contributed by atoms with Crippen LogP contribution in [0.15, 0.2) is 4.52 Å². The number of methoxy groups -OCH3 is 1. The number of ether oxygens (including phenoxy) is 1. The molecule has 5 heteroatoms. The molecular weight excluding hydrogens is 206 g/mol. The van der Waals surface area contributed by atoms with E-state index in [1.54, 1.807) is 7.11 Å². The first kappa shape index (κ1) is 10.2. The van der Waals surface area contributed by atoms with E-state index in [0.717, 1.165) is 18.8 Å². The molecule has 0 spiro atoms. The van der Waals surface area contributed by atoms with Gasteiger partial charge in [-0.3, -0.25) is 0 Å². The fourth-order valence-corrected chi connectivity index (χ4v) is 2.29. The van der Waals surface area contributed by atoms with Crippen molar-refractivity contribution in [3.05, 3.63) is 11.7 Å². The largest absolute Gasteiger partial charge is 0.380 e. The van der Waals surface area contributed by atoms with E-state index in [1.165, 1.54) is 6.42 Å². The predicted octanol–water partition coefficient (Wildman–Crippen LogP) is 1.24. The van der Waals surface area contributed by atoms with E-state index in [2.05, 4.69) is 22.4 Å². The molecule has 1 aromatic rings. The van der Waals surface area contributed by atoms with Gasteiger partial charge >= 0.3 is 0 Å². The lowest BCUT2D eigenvalue weighted by Crippen LogP contribution is -2.16. The maximum atomic E-state index is 5.31. The topological polar surface area (TPSA) is 60.2 Å². The van der Waals surface area contributed by atoms with Crippen molar-refractivity contribution in [2.45, 2.75) is 37.8 Å². The van der Waals surface area contributed by atoms with Gasteiger partial charge in [0.15, 0.2) is 5.82 Å². The summed E-state index contributed by atoms with van der Waals surface area (Å²) in [5.74, 6) is 2.84. The first-order chi connectivity index (χ1) is 7.78. The van der Waals surface area contributed by atoms with Gasteiger partial charge in [-0.1, -0.05) is 12.1 Å². The number of rotatable bonds is 3. The highest BCUT2D eigenvalue weighted by atomic mass is 16.5. The average Bonchev–Trinajstić information content (AvgIpc) is 2.80. The van der Waals surface area contributed by atoms with Crippen LogP contribution in [0.25, 0.3) is 0 Å². The van der Waals surface area contributed by atoms with Crippen LogP contribution in [0.4, 0.5) is 0 Å². The van der Waals surface area contributed by atoms with Crippen LogP contribution in [-0.2, 0) is 4.74 Å². The molecule has 1 saturated carbocycles. The number of hydrogen-bond donors (Lipinski definition) is 1. The van der Waals surface area contributed by atoms with Crippen molar-refractivity contribution >= 4 is 0 Å². The fourth-order valence-electron chi connectivity index (χ4n) is 2.29. The second-order valence-electron chi connectivity index (χ2n) is 4.86. The van der Waals surface area contributed by atoms with E-state index < -0.39 is 0 Å². The van der Waals surface area contributed by atoms with E-state index in [-0.39, 0.29) is 12.1 Å². The van der Waals surface area contributed by atoms with Gasteiger partial charge in [0.05, 0.1) is 12.1 Å². The van der Waals surface area contributed by atoms with E-state index >= 15 is 0 Å². The van der Waals surface area contributed by atoms with Crippen LogP contribution < -0.4 is 5.32 Å². The molecule has 5 nitrogen and oxygen atoms in total. The summed E-state index contributed by atoms with van der Waals surface area (Å²) in [5, 5.41) is 7.39. The molecule has 1 aliphatic heterocycles. The average molecular weight is 223 g/mol. The van der Waals surface area contributed by atoms with Crippen molar-refractivity contribution in [2.24, 2.45) is 5.92 Å². The molecule has 2 aliphatic rings. The molecule has 0 aromatic carbocycles. The van der Waals surface area contributed by atoms with Crippen molar-refractivity contribution in [1.29, 1.82) is 0 Å². The molecule has 16 heavy (non-hydrogen) atoms. The number of hydrogen-bond acceptors (Lipinski definition) is 5. The van der Waals surface area contributed by atoms with Gasteiger partial charge < -0.3 is 14.6 Å². The number of nitrogens with zero attached hydrogens (tertiary/aromatic N) is 2. The molecule has 3 rings (SSSR count). The van der Waals surface area contributed by atoms with Gasteiger partial charge in [-0.05, 0) is 18.8 Å². The van der Waals surface area contributed by atoms with Crippen LogP contribution in [-0.4, -0.2) is 29.9 Å². The molecule has 88 valence electrons. The SMILES string of the molecule is COC1CNC(c2nc(C3CC3C)no2)C1. The zero-order valence-electron chi connectivity index (χ0n) is 9.64. The van der Waals surface area contributed by atoms with E-state index in [0.29, 0.717) is 17.7 Å². The second-order valence-corrected chi connectivity index (χ2v) is 4.86. The van der Waals surface area contributed by atoms with Crippen LogP contribution >= 0.6 is 0 Å². The zero-order valence-corrected chi connectivity index (χ0v) is 9.64. The summed E-state index contributed by atoms with van der Waals surface area (Å²) in [6.07, 6.45) is 2.37. The third-order valence-electron chi connectivity index (χ3n) is 3.62. The monoisotopic (exact) mass is 223 g/mol. The molecule has 0 amide bonds. The number of aromatic nitrogens is 2. The molecule has 4 unspecified atom stereocenters. The molecule has 2 heterocycles. The fraction of sp³-hybridized carbons (Fsp3) is 0.818. The number of nitrogens with one attached hydrogen (secondary N) is 1. The molecule has 0 bridgehead atoms. The van der Waals surface area contributed by atoms with Crippen LogP contribution in [0.2, 0.25) is 0 Å². The minimum Gasteiger partial charge on any atom is -0.380 e. The Kier molecular flexibility index (Phi) is 2.44. The minimum atomic E-state index is 0.167. The highest BCUT2D eigenvalue weighted by molar-refractivity contribution is 5.09. The summed E-state index contributed by atoms with van der Waals surface area (Å²) in [4.78, 5) is 4.48. The maximum absolute atomic E-state index is 5.31. The van der Waals surface area contributed by atoms with Crippen molar-refractivity contribution in [1.82, 2.24) is 15.5 Å². The van der Waals surface area contributed by atoms with Crippen molar-refractivity contribution < 1.29 is 9.26 Å². The second kappa shape index (κ2) is 3.82. The Morgan fingerprint density at radius 2 is 2.25 bits per heavy atom. The van der Waals surface area contributed by atoms with Gasteiger partial charge in [0.2, 0.25) is 5.89 Å². The van der Waals surface area contributed by atoms with E-state index in [9.17, 15) is 0 Å². The summed E-state index contributed by atoms with van der Waals surface area (Å²) in [7, 11) is 1.74. The van der Waals surface area contributed by atoms with Crippen molar-refractivity contribution in [3.63, 3.8) is 0 Å². The maximum Gasteiger partial charge on any atom is 0.243 e. The molecule has 1 aliphatic carbocycles. The summed E-state index contributed by atoms with van der Waals surface area (Å²) < 4.78 is 10.6. The summed E-state index contributed by atoms with van der Waals surface area (Å²) in [5.41, 5.74) is 0. The van der Waals surface area contributed by atoms with Crippen molar-refractivity contribution in [2.75, 3.05) is 13.7 Å². The van der Waals surface area contributed by atoms with Crippen molar-refractivity contribution in [3.8, 4) is 0 Å². The first-order valence-corrected chi connectivity index (χ1v) is 5.87. The molecule has 4 atom stereocenters. The molecule has 2 fully saturated rings. The highest BCUT2D eigenvalue weighted by Crippen LogP contribution is 2.45. The first-order valence-electron chi connectivity index (χ1n) is 5.87. The highest BCUT2D eigenvalue weighted by Gasteiger charge is 2.39. The van der Waals surface area contributed by atoms with Crippen LogP contribution in [0.3, 0.4) is 0 Å². The van der Waals surface area contributed by atoms with E-state index in [4.69, 9.17) is 9.26 Å². The van der Waals surface area contributed by atoms with Crippen LogP contribution in [0.5, 0.6) is 0 Å². The Hall–Kier alpha value is -0.940. The van der Waals surface area contributed by atoms with Gasteiger partial charge in [0, 0.05) is 19.6 Å². The molecule has 0 radical (unpaired) electrons. The third-order valence-corrected chi connectivity index (χ3v) is 3.62. The minimum absolute atomic E-state index is 0.167. The Labute approximate surface area is 94.6 Å². The molecular formula is C11H17N3O2. The molecule has 1 aromatic heterocycles. The lowest BCUT2D eigenvalue weighted by Gasteiger charge is -2.04. The Balaban J connectivity index is 1.68. The van der Waals surface area contributed by atoms with Gasteiger partial charge in [-0.25, -0.2) is 0 Å². The standard InChI is InChI=1S/C11H17N3O2/c1-6-3-8(6)10-13-11(16-14-10)9-4-7(15-2)5-12-9/h6-9,12H,3-5H2,1-2H3. The summed E-state index contributed by atoms with van der Waals surface area (Å²) in [6.45, 7) is 3.08. The smallest absolute Gasteiger partial charge is 0.243 e.